The molecule has 4 aliphatic carbocycles. The Balaban J connectivity index is 1.40. The van der Waals surface area contributed by atoms with Gasteiger partial charge in [0.15, 0.2) is 0 Å². The highest BCUT2D eigenvalue weighted by Gasteiger charge is 2.68. The maximum Gasteiger partial charge on any atom is 0.482 e. The summed E-state index contributed by atoms with van der Waals surface area (Å²) in [5.41, 5.74) is -1.61. The highest BCUT2D eigenvalue weighted by atomic mass is 16.7. The number of hydrogen-bond donors (Lipinski definition) is 3. The first kappa shape index (κ1) is 42.6. The van der Waals surface area contributed by atoms with Gasteiger partial charge in [-0.2, -0.15) is 0 Å². The molecule has 1 aromatic carbocycles. The number of carbonyl (C=O) groups is 4. The van der Waals surface area contributed by atoms with Crippen LogP contribution in [-0.2, 0) is 34.7 Å². The Hall–Kier alpha value is -3.52. The second-order valence-electron chi connectivity index (χ2n) is 19.7. The van der Waals surface area contributed by atoms with Crippen LogP contribution in [0.1, 0.15) is 131 Å². The van der Waals surface area contributed by atoms with Crippen molar-refractivity contribution >= 4 is 31.2 Å². The lowest BCUT2D eigenvalue weighted by atomic mass is 9.43. The van der Waals surface area contributed by atoms with E-state index >= 15 is 0 Å². The molecule has 5 aliphatic rings. The molecule has 1 heterocycles. The molecule has 0 aromatic heterocycles. The van der Waals surface area contributed by atoms with Crippen LogP contribution in [0.25, 0.3) is 0 Å². The molecule has 6 rings (SSSR count). The molecule has 1 aliphatic heterocycles. The third kappa shape index (κ3) is 9.90. The van der Waals surface area contributed by atoms with Gasteiger partial charge >= 0.3 is 25.3 Å². The third-order valence-electron chi connectivity index (χ3n) is 11.6. The standard InChI is InChI=1S/C41H64BN3O10/c1-37(2,3)51-34(47)26-16-14-15-23(32(26)50-13)20-31(42-54-30-22-25-21-29(40(25,10)11)41(30,12)55-42)45-33(46)24-17-18-27(43-35(48)52-38(4,5)6)28(19-24)44-36(49)53-39(7,8)9/h14-16,24-25,27-31H,17-22H2,1-13H3,(H,43,48)(H,44,49)(H,45,46)/t24-,25?,27+,28+,29?,30?,31+,41?/m1/s1. The highest BCUT2D eigenvalue weighted by molar-refractivity contribution is 6.48. The van der Waals surface area contributed by atoms with E-state index in [-0.39, 0.29) is 35.8 Å². The quantitative estimate of drug-likeness (QED) is 0.143. The number of alkyl carbamates (subject to hydrolysis) is 2. The summed E-state index contributed by atoms with van der Waals surface area (Å²) in [5, 5.41) is 9.09. The summed E-state index contributed by atoms with van der Waals surface area (Å²) in [6.45, 7) is 22.8. The first-order chi connectivity index (χ1) is 25.3. The van der Waals surface area contributed by atoms with Gasteiger partial charge in [-0.15, -0.1) is 0 Å². The largest absolute Gasteiger partial charge is 0.496 e. The molecule has 13 nitrogen and oxygen atoms in total. The Morgan fingerprint density at radius 1 is 0.836 bits per heavy atom. The second kappa shape index (κ2) is 15.4. The molecule has 3 N–H and O–H groups in total. The Kier molecular flexibility index (Phi) is 12.0. The van der Waals surface area contributed by atoms with E-state index in [1.165, 1.54) is 7.11 Å². The van der Waals surface area contributed by atoms with Gasteiger partial charge in [-0.1, -0.05) is 26.0 Å². The molecule has 306 valence electrons. The summed E-state index contributed by atoms with van der Waals surface area (Å²) in [6.07, 6.45) is 1.90. The van der Waals surface area contributed by atoms with Crippen LogP contribution in [0.4, 0.5) is 9.59 Å². The fourth-order valence-electron chi connectivity index (χ4n) is 8.96. The van der Waals surface area contributed by atoms with Gasteiger partial charge in [0.25, 0.3) is 0 Å². The number of amides is 3. The predicted octanol–water partition coefficient (Wildman–Crippen LogP) is 6.53. The number of methoxy groups -OCH3 is 1. The lowest BCUT2D eigenvalue weighted by Gasteiger charge is -2.64. The van der Waals surface area contributed by atoms with Gasteiger partial charge in [0.1, 0.15) is 28.1 Å². The van der Waals surface area contributed by atoms with Crippen LogP contribution in [0, 0.1) is 23.2 Å². The number of hydrogen-bond acceptors (Lipinski definition) is 10. The summed E-state index contributed by atoms with van der Waals surface area (Å²) in [5.74, 6) is -0.737. The van der Waals surface area contributed by atoms with Crippen LogP contribution in [-0.4, -0.2) is 84.8 Å². The third-order valence-corrected chi connectivity index (χ3v) is 11.6. The van der Waals surface area contributed by atoms with Crippen molar-refractivity contribution in [3.8, 4) is 5.75 Å². The van der Waals surface area contributed by atoms with Gasteiger partial charge in [0.05, 0.1) is 36.8 Å². The van der Waals surface area contributed by atoms with E-state index in [0.29, 0.717) is 36.0 Å². The molecule has 1 saturated heterocycles. The van der Waals surface area contributed by atoms with Gasteiger partial charge < -0.3 is 44.2 Å². The summed E-state index contributed by atoms with van der Waals surface area (Å²) >= 11 is 0. The van der Waals surface area contributed by atoms with Crippen LogP contribution in [0.5, 0.6) is 5.75 Å². The van der Waals surface area contributed by atoms with E-state index in [0.717, 1.165) is 12.8 Å². The highest BCUT2D eigenvalue weighted by Crippen LogP contribution is 2.65. The molecule has 3 amide bonds. The molecular weight excluding hydrogens is 705 g/mol. The minimum Gasteiger partial charge on any atom is -0.496 e. The SMILES string of the molecule is COc1c(C[C@H](NC(=O)[C@@H]2CC[C@H](NC(=O)OC(C)(C)C)[C@@H](NC(=O)OC(C)(C)C)C2)B2OC3CC4CC(C4(C)C)C3(C)O2)cccc1C(=O)OC(C)(C)C. The Labute approximate surface area is 327 Å². The zero-order valence-electron chi connectivity index (χ0n) is 35.2. The number of esters is 1. The lowest BCUT2D eigenvalue weighted by molar-refractivity contribution is -0.199. The number of carbonyl (C=O) groups excluding carboxylic acids is 4. The zero-order chi connectivity index (χ0) is 40.9. The van der Waals surface area contributed by atoms with E-state index in [1.54, 1.807) is 53.7 Å². The van der Waals surface area contributed by atoms with Crippen LogP contribution in [0.2, 0.25) is 0 Å². The topological polar surface area (TPSA) is 160 Å². The average Bonchev–Trinajstić information content (AvgIpc) is 3.39. The molecule has 4 saturated carbocycles. The van der Waals surface area contributed by atoms with E-state index in [9.17, 15) is 19.2 Å². The number of benzene rings is 1. The van der Waals surface area contributed by atoms with Crippen molar-refractivity contribution in [1.29, 1.82) is 0 Å². The Morgan fingerprint density at radius 3 is 2.00 bits per heavy atom. The maximum atomic E-state index is 14.4. The van der Waals surface area contributed by atoms with Gasteiger partial charge in [-0.25, -0.2) is 14.4 Å². The van der Waals surface area contributed by atoms with E-state index in [1.807, 2.05) is 26.8 Å². The molecule has 5 fully saturated rings. The molecular formula is C41H64BN3O10. The van der Waals surface area contributed by atoms with Crippen LogP contribution in [0.3, 0.4) is 0 Å². The van der Waals surface area contributed by atoms with Crippen molar-refractivity contribution in [1.82, 2.24) is 16.0 Å². The van der Waals surface area contributed by atoms with Crippen molar-refractivity contribution in [2.75, 3.05) is 7.11 Å². The first-order valence-corrected chi connectivity index (χ1v) is 19.8. The fourth-order valence-corrected chi connectivity index (χ4v) is 8.96. The predicted molar refractivity (Wildman–Crippen MR) is 208 cm³/mol. The lowest BCUT2D eigenvalue weighted by Crippen LogP contribution is -2.65. The van der Waals surface area contributed by atoms with Crippen LogP contribution < -0.4 is 20.7 Å². The van der Waals surface area contributed by atoms with E-state index in [2.05, 4.69) is 36.7 Å². The van der Waals surface area contributed by atoms with Gasteiger partial charge in [0.2, 0.25) is 5.91 Å². The monoisotopic (exact) mass is 769 g/mol. The van der Waals surface area contributed by atoms with Crippen LogP contribution in [0.15, 0.2) is 18.2 Å². The minimum absolute atomic E-state index is 0.120. The van der Waals surface area contributed by atoms with E-state index in [4.69, 9.17) is 28.3 Å². The zero-order valence-corrected chi connectivity index (χ0v) is 35.2. The van der Waals surface area contributed by atoms with Crippen molar-refractivity contribution in [2.45, 2.75) is 168 Å². The molecule has 4 unspecified atom stereocenters. The molecule has 1 aromatic rings. The molecule has 0 radical (unpaired) electrons. The number of rotatable bonds is 9. The normalized spacial score (nSPS) is 29.1. The summed E-state index contributed by atoms with van der Waals surface area (Å²) < 4.78 is 36.2. The second-order valence-corrected chi connectivity index (χ2v) is 19.7. The molecule has 55 heavy (non-hydrogen) atoms. The number of ether oxygens (including phenoxy) is 4. The molecule has 8 atom stereocenters. The fraction of sp³-hybridized carbons (Fsp3) is 0.756. The van der Waals surface area contributed by atoms with Crippen molar-refractivity contribution in [3.63, 3.8) is 0 Å². The van der Waals surface area contributed by atoms with Crippen LogP contribution >= 0.6 is 0 Å². The summed E-state index contributed by atoms with van der Waals surface area (Å²) in [6, 6.07) is 4.19. The average molecular weight is 770 g/mol. The number of para-hydroxylation sites is 1. The van der Waals surface area contributed by atoms with Crippen molar-refractivity contribution < 1.29 is 47.4 Å². The first-order valence-electron chi connectivity index (χ1n) is 19.8. The van der Waals surface area contributed by atoms with Gasteiger partial charge in [-0.3, -0.25) is 4.79 Å². The molecule has 14 heteroatoms. The smallest absolute Gasteiger partial charge is 0.482 e. The maximum absolute atomic E-state index is 14.4. The summed E-state index contributed by atoms with van der Waals surface area (Å²) in [4.78, 5) is 53.5. The van der Waals surface area contributed by atoms with Crippen molar-refractivity contribution in [2.24, 2.45) is 23.2 Å². The minimum atomic E-state index is -0.773. The molecule has 2 bridgehead atoms. The Bertz CT molecular complexity index is 1610. The van der Waals surface area contributed by atoms with Gasteiger partial charge in [0, 0.05) is 5.92 Å². The number of nitrogens with one attached hydrogen (secondary N) is 3. The summed E-state index contributed by atoms with van der Waals surface area (Å²) in [7, 11) is 0.736. The molecule has 0 spiro atoms. The van der Waals surface area contributed by atoms with Gasteiger partial charge in [-0.05, 0) is 137 Å². The Morgan fingerprint density at radius 2 is 1.44 bits per heavy atom. The van der Waals surface area contributed by atoms with Crippen molar-refractivity contribution in [3.05, 3.63) is 29.3 Å². The van der Waals surface area contributed by atoms with E-state index < -0.39 is 71.6 Å².